The number of halogens is 2. The van der Waals surface area contributed by atoms with Gasteiger partial charge in [-0.1, -0.05) is 47.5 Å². The van der Waals surface area contributed by atoms with Crippen molar-refractivity contribution in [3.05, 3.63) is 58.1 Å². The van der Waals surface area contributed by atoms with Crippen LogP contribution >= 0.6 is 23.2 Å². The third-order valence-corrected chi connectivity index (χ3v) is 4.47. The van der Waals surface area contributed by atoms with Gasteiger partial charge in [-0.15, -0.1) is 0 Å². The molecule has 2 aromatic rings. The molecule has 1 saturated heterocycles. The lowest BCUT2D eigenvalue weighted by atomic mass is 9.89. The van der Waals surface area contributed by atoms with Gasteiger partial charge in [0.05, 0.1) is 0 Å². The summed E-state index contributed by atoms with van der Waals surface area (Å²) in [5.41, 5.74) is 0.498. The summed E-state index contributed by atoms with van der Waals surface area (Å²) in [6, 6.07) is 12.3. The molecule has 2 unspecified atom stereocenters. The maximum absolute atomic E-state index is 12.1. The van der Waals surface area contributed by atoms with E-state index in [2.05, 4.69) is 0 Å². The van der Waals surface area contributed by atoms with Crippen molar-refractivity contribution >= 4 is 35.0 Å². The molecule has 23 heavy (non-hydrogen) atoms. The van der Waals surface area contributed by atoms with Crippen LogP contribution in [0.3, 0.4) is 0 Å². The highest BCUT2D eigenvalue weighted by Gasteiger charge is 2.53. The lowest BCUT2D eigenvalue weighted by Gasteiger charge is -2.22. The van der Waals surface area contributed by atoms with Crippen LogP contribution in [-0.4, -0.2) is 23.0 Å². The van der Waals surface area contributed by atoms with Gasteiger partial charge in [0, 0.05) is 15.6 Å². The fourth-order valence-electron chi connectivity index (χ4n) is 2.59. The van der Waals surface area contributed by atoms with E-state index in [1.807, 2.05) is 12.1 Å². The summed E-state index contributed by atoms with van der Waals surface area (Å²) in [6.07, 6.45) is -1.77. The van der Waals surface area contributed by atoms with Gasteiger partial charge < -0.3 is 9.84 Å². The van der Waals surface area contributed by atoms with Crippen molar-refractivity contribution in [1.29, 1.82) is 0 Å². The molecule has 0 aromatic heterocycles. The summed E-state index contributed by atoms with van der Waals surface area (Å²) in [6.45, 7) is 1.42. The normalized spacial score (nSPS) is 23.9. The molecular formula is C17H12Cl2O4. The molecule has 6 heteroatoms. The fourth-order valence-corrected chi connectivity index (χ4v) is 3.07. The van der Waals surface area contributed by atoms with Crippen LogP contribution in [0.2, 0.25) is 10.0 Å². The van der Waals surface area contributed by atoms with E-state index >= 15 is 0 Å². The van der Waals surface area contributed by atoms with E-state index in [-0.39, 0.29) is 5.02 Å². The Morgan fingerprint density at radius 3 is 2.17 bits per heavy atom. The van der Waals surface area contributed by atoms with Crippen LogP contribution in [0, 0.1) is 0 Å². The molecule has 1 aliphatic rings. The predicted molar refractivity (Wildman–Crippen MR) is 86.4 cm³/mol. The molecule has 0 saturated carbocycles. The van der Waals surface area contributed by atoms with Gasteiger partial charge in [-0.2, -0.15) is 0 Å². The Morgan fingerprint density at radius 2 is 1.65 bits per heavy atom. The molecule has 0 radical (unpaired) electrons. The average molecular weight is 351 g/mol. The summed E-state index contributed by atoms with van der Waals surface area (Å²) in [7, 11) is 0. The maximum Gasteiger partial charge on any atom is 0.344 e. The van der Waals surface area contributed by atoms with Gasteiger partial charge in [-0.05, 0) is 36.2 Å². The first kappa shape index (κ1) is 16.0. The number of aliphatic hydroxyl groups is 1. The van der Waals surface area contributed by atoms with Crippen molar-refractivity contribution in [3.63, 3.8) is 0 Å². The number of aliphatic hydroxyl groups excluding tert-OH is 1. The van der Waals surface area contributed by atoms with Crippen molar-refractivity contribution in [2.45, 2.75) is 18.6 Å². The van der Waals surface area contributed by atoms with Crippen LogP contribution in [0.5, 0.6) is 0 Å². The van der Waals surface area contributed by atoms with Crippen LogP contribution in [0.1, 0.15) is 12.5 Å². The molecule has 0 bridgehead atoms. The first-order valence-corrected chi connectivity index (χ1v) is 7.60. The van der Waals surface area contributed by atoms with Crippen molar-refractivity contribution in [2.24, 2.45) is 0 Å². The van der Waals surface area contributed by atoms with E-state index in [1.165, 1.54) is 6.92 Å². The Labute approximate surface area is 142 Å². The predicted octanol–water partition coefficient (Wildman–Crippen LogP) is 3.36. The number of rotatable bonds is 2. The largest absolute Gasteiger partial charge is 0.444 e. The Morgan fingerprint density at radius 1 is 1.04 bits per heavy atom. The summed E-state index contributed by atoms with van der Waals surface area (Å²) >= 11 is 12.2. The van der Waals surface area contributed by atoms with Crippen molar-refractivity contribution in [2.75, 3.05) is 0 Å². The summed E-state index contributed by atoms with van der Waals surface area (Å²) in [5.74, 6) is -1.68. The fraction of sp³-hybridized carbons (Fsp3) is 0.176. The number of esters is 1. The molecule has 3 rings (SSSR count). The van der Waals surface area contributed by atoms with E-state index in [0.717, 1.165) is 11.1 Å². The third kappa shape index (κ3) is 2.63. The quantitative estimate of drug-likeness (QED) is 0.666. The van der Waals surface area contributed by atoms with Crippen molar-refractivity contribution in [1.82, 2.24) is 0 Å². The summed E-state index contributed by atoms with van der Waals surface area (Å²) in [4.78, 5) is 23.6. The number of carbonyl (C=O) groups excluding carboxylic acids is 2. The number of cyclic esters (lactones) is 1. The van der Waals surface area contributed by atoms with E-state index < -0.39 is 23.5 Å². The van der Waals surface area contributed by atoms with Gasteiger partial charge >= 0.3 is 5.97 Å². The first-order valence-electron chi connectivity index (χ1n) is 6.84. The minimum atomic E-state index is -1.77. The molecule has 2 aromatic carbocycles. The zero-order valence-electron chi connectivity index (χ0n) is 12.0. The number of ether oxygens (including phenoxy) is 1. The first-order chi connectivity index (χ1) is 10.8. The van der Waals surface area contributed by atoms with Gasteiger partial charge in [0.2, 0.25) is 11.9 Å². The molecule has 4 nitrogen and oxygen atoms in total. The summed E-state index contributed by atoms with van der Waals surface area (Å²) < 4.78 is 5.06. The van der Waals surface area contributed by atoms with E-state index in [0.29, 0.717) is 10.6 Å². The van der Waals surface area contributed by atoms with Gasteiger partial charge in [-0.25, -0.2) is 4.79 Å². The van der Waals surface area contributed by atoms with E-state index in [4.69, 9.17) is 27.9 Å². The Hall–Kier alpha value is -1.88. The SMILES string of the molecule is CC1(c2ccc(-c3ccc(Cl)cc3)cc2Cl)OC(=O)C(O)C1=O. The highest BCUT2D eigenvalue weighted by atomic mass is 35.5. The second kappa shape index (κ2) is 5.64. The molecule has 0 aliphatic carbocycles. The number of Topliss-reactive ketones (excluding diaryl/α,β-unsaturated/α-hetero) is 1. The number of hydrogen-bond donors (Lipinski definition) is 1. The lowest BCUT2D eigenvalue weighted by Crippen LogP contribution is -2.33. The standard InChI is InChI=1S/C17H12Cl2O4/c1-17(15(21)14(20)16(22)23-17)12-7-4-10(8-13(12)19)9-2-5-11(18)6-3-9/h2-8,14,20H,1H3. The molecule has 1 aliphatic heterocycles. The Balaban J connectivity index is 2.02. The molecule has 0 spiro atoms. The van der Waals surface area contributed by atoms with Crippen molar-refractivity contribution in [3.8, 4) is 11.1 Å². The summed E-state index contributed by atoms with van der Waals surface area (Å²) in [5, 5.41) is 10.4. The van der Waals surface area contributed by atoms with E-state index in [1.54, 1.807) is 30.3 Å². The van der Waals surface area contributed by atoms with E-state index in [9.17, 15) is 14.7 Å². The third-order valence-electron chi connectivity index (χ3n) is 3.91. The lowest BCUT2D eigenvalue weighted by molar-refractivity contribution is -0.153. The highest BCUT2D eigenvalue weighted by molar-refractivity contribution is 6.32. The van der Waals surface area contributed by atoms with Crippen LogP contribution in [0.4, 0.5) is 0 Å². The minimum absolute atomic E-state index is 0.273. The van der Waals surface area contributed by atoms with Crippen LogP contribution in [-0.2, 0) is 19.9 Å². The van der Waals surface area contributed by atoms with Gasteiger partial charge in [-0.3, -0.25) is 4.79 Å². The van der Waals surface area contributed by atoms with Gasteiger partial charge in [0.15, 0.2) is 5.60 Å². The Bertz CT molecular complexity index is 801. The molecular weight excluding hydrogens is 339 g/mol. The van der Waals surface area contributed by atoms with Crippen LogP contribution in [0.25, 0.3) is 11.1 Å². The topological polar surface area (TPSA) is 63.6 Å². The zero-order chi connectivity index (χ0) is 16.8. The number of hydrogen-bond acceptors (Lipinski definition) is 4. The highest BCUT2D eigenvalue weighted by Crippen LogP contribution is 2.39. The van der Waals surface area contributed by atoms with Crippen LogP contribution in [0.15, 0.2) is 42.5 Å². The molecule has 1 N–H and O–H groups in total. The van der Waals surface area contributed by atoms with Crippen LogP contribution < -0.4 is 0 Å². The molecule has 0 amide bonds. The molecule has 1 heterocycles. The second-order valence-electron chi connectivity index (χ2n) is 5.42. The Kier molecular flexibility index (Phi) is 3.92. The average Bonchev–Trinajstić information content (AvgIpc) is 2.72. The second-order valence-corrected chi connectivity index (χ2v) is 6.27. The van der Waals surface area contributed by atoms with Crippen molar-refractivity contribution < 1.29 is 19.4 Å². The van der Waals surface area contributed by atoms with Gasteiger partial charge in [0.1, 0.15) is 0 Å². The number of benzene rings is 2. The maximum atomic E-state index is 12.1. The number of ketones is 1. The minimum Gasteiger partial charge on any atom is -0.444 e. The van der Waals surface area contributed by atoms with Gasteiger partial charge in [0.25, 0.3) is 0 Å². The monoisotopic (exact) mass is 350 g/mol. The zero-order valence-corrected chi connectivity index (χ0v) is 13.6. The molecule has 1 fully saturated rings. The smallest absolute Gasteiger partial charge is 0.344 e. The number of carbonyl (C=O) groups is 2. The molecule has 2 atom stereocenters. The molecule has 118 valence electrons.